The van der Waals surface area contributed by atoms with E-state index in [1.807, 2.05) is 0 Å². The Morgan fingerprint density at radius 1 is 1.35 bits per heavy atom. The monoisotopic (exact) mass is 253 g/mol. The van der Waals surface area contributed by atoms with E-state index < -0.39 is 5.97 Å². The molecule has 17 heavy (non-hydrogen) atoms. The summed E-state index contributed by atoms with van der Waals surface area (Å²) in [6.07, 6.45) is -0.113. The van der Waals surface area contributed by atoms with E-state index >= 15 is 0 Å². The van der Waals surface area contributed by atoms with Crippen LogP contribution in [-0.2, 0) is 9.59 Å². The quantitative estimate of drug-likeness (QED) is 0.807. The zero-order chi connectivity index (χ0) is 12.6. The summed E-state index contributed by atoms with van der Waals surface area (Å²) in [5.74, 6) is -1.59. The lowest BCUT2D eigenvalue weighted by molar-refractivity contribution is -0.121. The largest absolute Gasteiger partial charge is 0.478 e. The van der Waals surface area contributed by atoms with E-state index in [1.54, 1.807) is 0 Å². The fourth-order valence-corrected chi connectivity index (χ4v) is 1.92. The van der Waals surface area contributed by atoms with Crippen LogP contribution in [0.3, 0.4) is 0 Å². The zero-order valence-corrected chi connectivity index (χ0v) is 9.40. The third kappa shape index (κ3) is 2.14. The van der Waals surface area contributed by atoms with Gasteiger partial charge in [0, 0.05) is 5.69 Å². The first-order chi connectivity index (χ1) is 7.99. The van der Waals surface area contributed by atoms with Gasteiger partial charge in [0.15, 0.2) is 5.78 Å². The molecule has 0 bridgehead atoms. The van der Waals surface area contributed by atoms with Gasteiger partial charge in [-0.2, -0.15) is 0 Å². The molecule has 1 heterocycles. The van der Waals surface area contributed by atoms with Crippen LogP contribution in [0.2, 0.25) is 5.02 Å². The number of carboxylic acids is 1. The van der Waals surface area contributed by atoms with Gasteiger partial charge in [0.05, 0.1) is 23.6 Å². The number of nitrogens with zero attached hydrogens (tertiary/aromatic N) is 1. The third-order valence-corrected chi connectivity index (χ3v) is 2.79. The van der Waals surface area contributed by atoms with Crippen molar-refractivity contribution >= 4 is 34.9 Å². The summed E-state index contributed by atoms with van der Waals surface area (Å²) in [6.45, 7) is 0.0155. The molecule has 0 atom stereocenters. The molecule has 2 rings (SSSR count). The summed E-state index contributed by atoms with van der Waals surface area (Å²) >= 11 is 5.78. The molecule has 1 N–H and O–H groups in total. The van der Waals surface area contributed by atoms with Crippen molar-refractivity contribution in [2.75, 3.05) is 11.4 Å². The second-order valence-corrected chi connectivity index (χ2v) is 4.07. The van der Waals surface area contributed by atoms with E-state index in [0.717, 1.165) is 0 Å². The van der Waals surface area contributed by atoms with E-state index in [0.29, 0.717) is 5.69 Å². The van der Waals surface area contributed by atoms with Gasteiger partial charge in [-0.3, -0.25) is 9.59 Å². The lowest BCUT2D eigenvalue weighted by Gasteiger charge is -2.15. The average Bonchev–Trinajstić information content (AvgIpc) is 2.57. The molecule has 1 aliphatic heterocycles. The minimum atomic E-state index is -1.13. The molecule has 0 saturated carbocycles. The first-order valence-electron chi connectivity index (χ1n) is 4.84. The molecule has 0 radical (unpaired) electrons. The van der Waals surface area contributed by atoms with Gasteiger partial charge in [-0.05, 0) is 18.2 Å². The predicted molar refractivity (Wildman–Crippen MR) is 60.4 cm³/mol. The van der Waals surface area contributed by atoms with Gasteiger partial charge < -0.3 is 10.0 Å². The zero-order valence-electron chi connectivity index (χ0n) is 8.64. The number of rotatable bonds is 2. The van der Waals surface area contributed by atoms with E-state index in [-0.39, 0.29) is 35.2 Å². The molecule has 0 unspecified atom stereocenters. The van der Waals surface area contributed by atoms with Crippen molar-refractivity contribution in [2.24, 2.45) is 0 Å². The number of benzene rings is 1. The van der Waals surface area contributed by atoms with Crippen LogP contribution in [0, 0.1) is 0 Å². The molecule has 1 aromatic rings. The van der Waals surface area contributed by atoms with Crippen LogP contribution < -0.4 is 4.90 Å². The molecule has 1 saturated heterocycles. The summed E-state index contributed by atoms with van der Waals surface area (Å²) in [4.78, 5) is 34.6. The molecule has 1 aliphatic rings. The molecular weight excluding hydrogens is 246 g/mol. The van der Waals surface area contributed by atoms with Crippen molar-refractivity contribution in [3.63, 3.8) is 0 Å². The maximum absolute atomic E-state index is 11.5. The van der Waals surface area contributed by atoms with Crippen molar-refractivity contribution in [1.29, 1.82) is 0 Å². The van der Waals surface area contributed by atoms with Gasteiger partial charge in [0.1, 0.15) is 0 Å². The summed E-state index contributed by atoms with van der Waals surface area (Å²) in [6, 6.07) is 4.16. The molecule has 88 valence electrons. The van der Waals surface area contributed by atoms with Crippen molar-refractivity contribution in [3.05, 3.63) is 28.8 Å². The van der Waals surface area contributed by atoms with E-state index in [2.05, 4.69) is 0 Å². The number of Topliss-reactive ketones (excluding diaryl/α,β-unsaturated/α-hetero) is 1. The van der Waals surface area contributed by atoms with Crippen LogP contribution in [0.4, 0.5) is 5.69 Å². The second kappa shape index (κ2) is 4.18. The summed E-state index contributed by atoms with van der Waals surface area (Å²) in [5.41, 5.74) is 0.407. The summed E-state index contributed by atoms with van der Waals surface area (Å²) in [5, 5.41) is 8.84. The fraction of sp³-hybridized carbons (Fsp3) is 0.182. The van der Waals surface area contributed by atoms with Crippen LogP contribution in [0.5, 0.6) is 0 Å². The number of hydrogen-bond acceptors (Lipinski definition) is 3. The van der Waals surface area contributed by atoms with Gasteiger partial charge in [0.25, 0.3) is 0 Å². The molecule has 0 aliphatic carbocycles. The predicted octanol–water partition coefficient (Wildman–Crippen LogP) is 1.34. The maximum Gasteiger partial charge on any atom is 0.337 e. The minimum Gasteiger partial charge on any atom is -0.478 e. The van der Waals surface area contributed by atoms with Crippen molar-refractivity contribution in [3.8, 4) is 0 Å². The Kier molecular flexibility index (Phi) is 2.85. The molecule has 1 fully saturated rings. The fourth-order valence-electron chi connectivity index (χ4n) is 1.67. The van der Waals surface area contributed by atoms with Crippen molar-refractivity contribution in [2.45, 2.75) is 6.42 Å². The van der Waals surface area contributed by atoms with Gasteiger partial charge in [-0.15, -0.1) is 0 Å². The number of anilines is 1. The highest BCUT2D eigenvalue weighted by Crippen LogP contribution is 2.26. The van der Waals surface area contributed by atoms with Gasteiger partial charge >= 0.3 is 5.97 Å². The maximum atomic E-state index is 11.5. The van der Waals surface area contributed by atoms with E-state index in [1.165, 1.54) is 23.1 Å². The molecule has 1 aromatic carbocycles. The van der Waals surface area contributed by atoms with Crippen LogP contribution in [0.15, 0.2) is 18.2 Å². The average molecular weight is 254 g/mol. The minimum absolute atomic E-state index is 0.0155. The van der Waals surface area contributed by atoms with Gasteiger partial charge in [0.2, 0.25) is 5.91 Å². The number of ketones is 1. The number of hydrogen-bond donors (Lipinski definition) is 1. The standard InChI is InChI=1S/C11H8ClNO4/c12-9-3-6(1-2-8(9)11(16)17)13-5-7(14)4-10(13)15/h1-3H,4-5H2,(H,16,17). The van der Waals surface area contributed by atoms with E-state index in [9.17, 15) is 14.4 Å². The second-order valence-electron chi connectivity index (χ2n) is 3.66. The van der Waals surface area contributed by atoms with E-state index in [4.69, 9.17) is 16.7 Å². The van der Waals surface area contributed by atoms with Crippen LogP contribution in [0.25, 0.3) is 0 Å². The number of amides is 1. The number of carboxylic acid groups (broad SMARTS) is 1. The third-order valence-electron chi connectivity index (χ3n) is 2.48. The van der Waals surface area contributed by atoms with Crippen LogP contribution in [0.1, 0.15) is 16.8 Å². The smallest absolute Gasteiger partial charge is 0.337 e. The number of carbonyl (C=O) groups excluding carboxylic acids is 2. The number of halogens is 1. The molecular formula is C11H8ClNO4. The van der Waals surface area contributed by atoms with Gasteiger partial charge in [-0.1, -0.05) is 11.6 Å². The Balaban J connectivity index is 2.35. The lowest BCUT2D eigenvalue weighted by Crippen LogP contribution is -2.24. The molecule has 0 spiro atoms. The highest BCUT2D eigenvalue weighted by atomic mass is 35.5. The summed E-state index contributed by atoms with van der Waals surface area (Å²) in [7, 11) is 0. The normalized spacial score (nSPS) is 15.5. The Hall–Kier alpha value is -1.88. The SMILES string of the molecule is O=C1CC(=O)N(c2ccc(C(=O)O)c(Cl)c2)C1. The molecule has 5 nitrogen and oxygen atoms in total. The van der Waals surface area contributed by atoms with Crippen LogP contribution >= 0.6 is 11.6 Å². The first kappa shape index (κ1) is 11.6. The lowest BCUT2D eigenvalue weighted by atomic mass is 10.2. The topological polar surface area (TPSA) is 74.7 Å². The summed E-state index contributed by atoms with van der Waals surface area (Å²) < 4.78 is 0. The molecule has 0 aromatic heterocycles. The number of carbonyl (C=O) groups is 3. The Labute approximate surface area is 102 Å². The van der Waals surface area contributed by atoms with Crippen molar-refractivity contribution < 1.29 is 19.5 Å². The first-order valence-corrected chi connectivity index (χ1v) is 5.22. The Bertz CT molecular complexity index is 526. The highest BCUT2D eigenvalue weighted by Gasteiger charge is 2.29. The molecule has 1 amide bonds. The van der Waals surface area contributed by atoms with Crippen LogP contribution in [-0.4, -0.2) is 29.3 Å². The highest BCUT2D eigenvalue weighted by molar-refractivity contribution is 6.34. The molecule has 6 heteroatoms. The number of aromatic carboxylic acids is 1. The Morgan fingerprint density at radius 3 is 2.53 bits per heavy atom. The Morgan fingerprint density at radius 2 is 2.06 bits per heavy atom. The van der Waals surface area contributed by atoms with Gasteiger partial charge in [-0.25, -0.2) is 4.79 Å². The van der Waals surface area contributed by atoms with Crippen molar-refractivity contribution in [1.82, 2.24) is 0 Å².